The van der Waals surface area contributed by atoms with Gasteiger partial charge in [0.05, 0.1) is 36.5 Å². The van der Waals surface area contributed by atoms with Crippen molar-refractivity contribution in [3.8, 4) is 0 Å². The lowest BCUT2D eigenvalue weighted by atomic mass is 10.1. The third kappa shape index (κ3) is 4.66. The number of nitrogens with one attached hydrogen (secondary N) is 2. The van der Waals surface area contributed by atoms with Crippen LogP contribution < -0.4 is 10.6 Å². The summed E-state index contributed by atoms with van der Waals surface area (Å²) in [6.07, 6.45) is 2.44. The molecule has 1 aliphatic heterocycles. The molecular weight excluding hydrogens is 388 g/mol. The first-order valence-corrected chi connectivity index (χ1v) is 9.87. The molecule has 0 saturated heterocycles. The van der Waals surface area contributed by atoms with Crippen LogP contribution >= 0.6 is 11.6 Å². The fourth-order valence-electron chi connectivity index (χ4n) is 3.56. The molecule has 0 spiro atoms. The highest BCUT2D eigenvalue weighted by Gasteiger charge is 2.28. The van der Waals surface area contributed by atoms with E-state index in [9.17, 15) is 9.59 Å². The zero-order chi connectivity index (χ0) is 20.2. The smallest absolute Gasteiger partial charge is 0.255 e. The summed E-state index contributed by atoms with van der Waals surface area (Å²) in [5, 5.41) is 10.9. The summed E-state index contributed by atoms with van der Waals surface area (Å²) in [5.74, 6) is -0.223. The van der Waals surface area contributed by atoms with Crippen molar-refractivity contribution in [1.29, 1.82) is 0 Å². The molecule has 0 saturated carbocycles. The lowest BCUT2D eigenvalue weighted by Crippen LogP contribution is -2.37. The van der Waals surface area contributed by atoms with Gasteiger partial charge in [-0.2, -0.15) is 5.10 Å². The van der Waals surface area contributed by atoms with Crippen LogP contribution in [0.5, 0.6) is 0 Å². The summed E-state index contributed by atoms with van der Waals surface area (Å²) in [7, 11) is 0. The lowest BCUT2D eigenvalue weighted by Gasteiger charge is -2.12. The minimum atomic E-state index is -0.152. The Morgan fingerprint density at radius 1 is 1.10 bits per heavy atom. The van der Waals surface area contributed by atoms with E-state index in [0.717, 1.165) is 16.8 Å². The van der Waals surface area contributed by atoms with Crippen molar-refractivity contribution in [2.45, 2.75) is 32.0 Å². The van der Waals surface area contributed by atoms with Crippen LogP contribution in [0, 0.1) is 0 Å². The average Bonchev–Trinajstić information content (AvgIpc) is 3.27. The highest BCUT2D eigenvalue weighted by atomic mass is 35.5. The number of hydrogen-bond acceptors (Lipinski definition) is 3. The molecule has 6 nitrogen and oxygen atoms in total. The van der Waals surface area contributed by atoms with E-state index in [4.69, 9.17) is 11.6 Å². The molecule has 1 aliphatic rings. The molecule has 7 heteroatoms. The molecule has 2 aromatic carbocycles. The van der Waals surface area contributed by atoms with E-state index in [1.54, 1.807) is 23.0 Å². The first-order chi connectivity index (χ1) is 14.1. The van der Waals surface area contributed by atoms with Gasteiger partial charge in [-0.05, 0) is 23.3 Å². The zero-order valence-corrected chi connectivity index (χ0v) is 16.5. The molecule has 1 aromatic heterocycles. The number of fused-ring (bicyclic) bond motifs is 1. The molecule has 148 valence electrons. The Labute approximate surface area is 173 Å². The highest BCUT2D eigenvalue weighted by molar-refractivity contribution is 6.30. The predicted molar refractivity (Wildman–Crippen MR) is 111 cm³/mol. The second kappa shape index (κ2) is 8.49. The van der Waals surface area contributed by atoms with E-state index in [0.29, 0.717) is 30.1 Å². The Hall–Kier alpha value is -3.12. The SMILES string of the molecule is O=C(Cc1cccc(Cl)c1)NC1Cc2c(C(=O)NCc3ccccc3)cnn2C1. The fourth-order valence-corrected chi connectivity index (χ4v) is 3.77. The van der Waals surface area contributed by atoms with Crippen LogP contribution in [-0.4, -0.2) is 27.6 Å². The maximum atomic E-state index is 12.6. The van der Waals surface area contributed by atoms with Gasteiger partial charge in [0, 0.05) is 18.0 Å². The first-order valence-electron chi connectivity index (χ1n) is 9.49. The number of rotatable bonds is 6. The second-order valence-electron chi connectivity index (χ2n) is 7.13. The number of amides is 2. The zero-order valence-electron chi connectivity index (χ0n) is 15.8. The number of benzene rings is 2. The van der Waals surface area contributed by atoms with Crippen molar-refractivity contribution in [3.63, 3.8) is 0 Å². The van der Waals surface area contributed by atoms with Gasteiger partial charge in [0.15, 0.2) is 0 Å². The van der Waals surface area contributed by atoms with Crippen molar-refractivity contribution in [2.24, 2.45) is 0 Å². The minimum absolute atomic E-state index is 0.0712. The molecule has 2 heterocycles. The quantitative estimate of drug-likeness (QED) is 0.658. The third-order valence-corrected chi connectivity index (χ3v) is 5.18. The van der Waals surface area contributed by atoms with Crippen LogP contribution in [0.4, 0.5) is 0 Å². The van der Waals surface area contributed by atoms with Crippen molar-refractivity contribution >= 4 is 23.4 Å². The summed E-state index contributed by atoms with van der Waals surface area (Å²) in [6, 6.07) is 17.0. The van der Waals surface area contributed by atoms with E-state index >= 15 is 0 Å². The molecule has 0 fully saturated rings. The molecule has 29 heavy (non-hydrogen) atoms. The third-order valence-electron chi connectivity index (χ3n) is 4.94. The minimum Gasteiger partial charge on any atom is -0.351 e. The number of aromatic nitrogens is 2. The van der Waals surface area contributed by atoms with Gasteiger partial charge >= 0.3 is 0 Å². The van der Waals surface area contributed by atoms with Crippen molar-refractivity contribution < 1.29 is 9.59 Å². The molecule has 2 N–H and O–H groups in total. The monoisotopic (exact) mass is 408 g/mol. The molecule has 2 amide bonds. The molecule has 1 unspecified atom stereocenters. The maximum absolute atomic E-state index is 12.6. The van der Waals surface area contributed by atoms with Gasteiger partial charge in [0.25, 0.3) is 5.91 Å². The van der Waals surface area contributed by atoms with Crippen molar-refractivity contribution in [2.75, 3.05) is 0 Å². The summed E-state index contributed by atoms with van der Waals surface area (Å²) in [5.41, 5.74) is 3.32. The topological polar surface area (TPSA) is 76.0 Å². The lowest BCUT2D eigenvalue weighted by molar-refractivity contribution is -0.121. The fraction of sp³-hybridized carbons (Fsp3) is 0.227. The van der Waals surface area contributed by atoms with Crippen LogP contribution in [0.1, 0.15) is 27.2 Å². The van der Waals surface area contributed by atoms with Crippen LogP contribution in [-0.2, 0) is 30.7 Å². The second-order valence-corrected chi connectivity index (χ2v) is 7.57. The molecule has 3 aromatic rings. The summed E-state index contributed by atoms with van der Waals surface area (Å²) in [6.45, 7) is 1.02. The Bertz CT molecular complexity index is 1030. The highest BCUT2D eigenvalue weighted by Crippen LogP contribution is 2.19. The predicted octanol–water partition coefficient (Wildman–Crippen LogP) is 2.75. The summed E-state index contributed by atoms with van der Waals surface area (Å²) < 4.78 is 1.79. The Morgan fingerprint density at radius 3 is 2.69 bits per heavy atom. The molecule has 1 atom stereocenters. The van der Waals surface area contributed by atoms with Crippen LogP contribution in [0.3, 0.4) is 0 Å². The summed E-state index contributed by atoms with van der Waals surface area (Å²) >= 11 is 5.98. The van der Waals surface area contributed by atoms with E-state index in [2.05, 4.69) is 15.7 Å². The summed E-state index contributed by atoms with van der Waals surface area (Å²) in [4.78, 5) is 24.9. The van der Waals surface area contributed by atoms with Gasteiger partial charge in [0.2, 0.25) is 5.91 Å². The Balaban J connectivity index is 1.33. The molecule has 4 rings (SSSR count). The van der Waals surface area contributed by atoms with Gasteiger partial charge in [-0.25, -0.2) is 0 Å². The number of carbonyl (C=O) groups excluding carboxylic acids is 2. The van der Waals surface area contributed by atoms with Crippen LogP contribution in [0.25, 0.3) is 0 Å². The molecule has 0 aliphatic carbocycles. The normalized spacial score (nSPS) is 15.0. The molecular formula is C22H21ClN4O2. The molecule has 0 radical (unpaired) electrons. The Morgan fingerprint density at radius 2 is 1.90 bits per heavy atom. The van der Waals surface area contributed by atoms with E-state index in [1.807, 2.05) is 42.5 Å². The van der Waals surface area contributed by atoms with Crippen molar-refractivity contribution in [1.82, 2.24) is 20.4 Å². The number of nitrogens with zero attached hydrogens (tertiary/aromatic N) is 2. The van der Waals surface area contributed by atoms with Gasteiger partial charge in [0.1, 0.15) is 0 Å². The first kappa shape index (κ1) is 19.2. The van der Waals surface area contributed by atoms with Crippen molar-refractivity contribution in [3.05, 3.63) is 88.2 Å². The van der Waals surface area contributed by atoms with Crippen LogP contribution in [0.15, 0.2) is 60.8 Å². The van der Waals surface area contributed by atoms with Gasteiger partial charge in [-0.1, -0.05) is 54.1 Å². The average molecular weight is 409 g/mol. The number of halogens is 1. The van der Waals surface area contributed by atoms with Gasteiger partial charge < -0.3 is 10.6 Å². The number of carbonyl (C=O) groups is 2. The largest absolute Gasteiger partial charge is 0.351 e. The molecule has 0 bridgehead atoms. The van der Waals surface area contributed by atoms with E-state index in [-0.39, 0.29) is 24.3 Å². The Kier molecular flexibility index (Phi) is 5.62. The number of hydrogen-bond donors (Lipinski definition) is 2. The standard InChI is InChI=1S/C22H21ClN4O2/c23-17-8-4-7-16(9-17)10-21(28)26-18-11-20-19(13-25-27(20)14-18)22(29)24-12-15-5-2-1-3-6-15/h1-9,13,18H,10-12,14H2,(H,24,29)(H,26,28). The van der Waals surface area contributed by atoms with Crippen LogP contribution in [0.2, 0.25) is 5.02 Å². The van der Waals surface area contributed by atoms with E-state index < -0.39 is 0 Å². The van der Waals surface area contributed by atoms with Gasteiger partial charge in [-0.15, -0.1) is 0 Å². The maximum Gasteiger partial charge on any atom is 0.255 e. The van der Waals surface area contributed by atoms with E-state index in [1.165, 1.54) is 0 Å². The van der Waals surface area contributed by atoms with Gasteiger partial charge in [-0.3, -0.25) is 14.3 Å².